The molecule has 0 saturated heterocycles. The molecule has 0 bridgehead atoms. The molecule has 1 heterocycles. The van der Waals surface area contributed by atoms with Crippen LogP contribution in [0.4, 0.5) is 5.69 Å². The molecular formula is C11H8Cl2N2OS. The number of carbonyl (C=O) groups excluding carboxylic acids is 1. The van der Waals surface area contributed by atoms with E-state index in [-0.39, 0.29) is 5.91 Å². The highest BCUT2D eigenvalue weighted by Crippen LogP contribution is 2.25. The zero-order valence-corrected chi connectivity index (χ0v) is 11.2. The molecule has 0 aliphatic heterocycles. The Morgan fingerprint density at radius 2 is 2.18 bits per heavy atom. The Morgan fingerprint density at radius 3 is 2.82 bits per heavy atom. The van der Waals surface area contributed by atoms with E-state index in [9.17, 15) is 4.79 Å². The first-order valence-electron chi connectivity index (χ1n) is 4.75. The highest BCUT2D eigenvalue weighted by atomic mass is 35.5. The molecule has 6 heteroatoms. The summed E-state index contributed by atoms with van der Waals surface area (Å²) in [7, 11) is 0. The van der Waals surface area contributed by atoms with Gasteiger partial charge >= 0.3 is 0 Å². The van der Waals surface area contributed by atoms with Gasteiger partial charge in [-0.15, -0.1) is 11.3 Å². The number of rotatable bonds is 2. The second-order valence-corrected chi connectivity index (χ2v) is 5.24. The SMILES string of the molecule is Cc1nc(C(=O)Nc2cc(Cl)ccc2Cl)cs1. The van der Waals surface area contributed by atoms with Crippen LogP contribution in [0.15, 0.2) is 23.6 Å². The zero-order chi connectivity index (χ0) is 12.4. The van der Waals surface area contributed by atoms with Crippen LogP contribution in [-0.2, 0) is 0 Å². The number of carbonyl (C=O) groups is 1. The third-order valence-electron chi connectivity index (χ3n) is 2.03. The monoisotopic (exact) mass is 286 g/mol. The van der Waals surface area contributed by atoms with E-state index in [0.717, 1.165) is 5.01 Å². The van der Waals surface area contributed by atoms with Gasteiger partial charge in [-0.05, 0) is 25.1 Å². The number of hydrogen-bond acceptors (Lipinski definition) is 3. The number of nitrogens with zero attached hydrogens (tertiary/aromatic N) is 1. The topological polar surface area (TPSA) is 42.0 Å². The number of benzene rings is 1. The molecule has 0 saturated carbocycles. The minimum atomic E-state index is -0.293. The number of nitrogens with one attached hydrogen (secondary N) is 1. The molecule has 1 aromatic carbocycles. The molecule has 1 amide bonds. The highest BCUT2D eigenvalue weighted by molar-refractivity contribution is 7.09. The van der Waals surface area contributed by atoms with Gasteiger partial charge in [0.2, 0.25) is 0 Å². The number of amides is 1. The summed E-state index contributed by atoms with van der Waals surface area (Å²) in [6.45, 7) is 1.84. The lowest BCUT2D eigenvalue weighted by molar-refractivity contribution is 0.102. The zero-order valence-electron chi connectivity index (χ0n) is 8.83. The highest BCUT2D eigenvalue weighted by Gasteiger charge is 2.11. The van der Waals surface area contributed by atoms with Crippen molar-refractivity contribution in [2.75, 3.05) is 5.32 Å². The van der Waals surface area contributed by atoms with Crippen LogP contribution in [0.2, 0.25) is 10.0 Å². The maximum absolute atomic E-state index is 11.8. The summed E-state index contributed by atoms with van der Waals surface area (Å²) >= 11 is 13.2. The van der Waals surface area contributed by atoms with Crippen LogP contribution in [0.3, 0.4) is 0 Å². The minimum absolute atomic E-state index is 0.293. The number of thiazole rings is 1. The molecule has 0 unspecified atom stereocenters. The van der Waals surface area contributed by atoms with Gasteiger partial charge < -0.3 is 5.32 Å². The largest absolute Gasteiger partial charge is 0.319 e. The van der Waals surface area contributed by atoms with Gasteiger partial charge in [-0.25, -0.2) is 4.98 Å². The van der Waals surface area contributed by atoms with Gasteiger partial charge in [0, 0.05) is 10.4 Å². The van der Waals surface area contributed by atoms with Crippen molar-refractivity contribution in [2.45, 2.75) is 6.92 Å². The average molecular weight is 287 g/mol. The summed E-state index contributed by atoms with van der Waals surface area (Å²) < 4.78 is 0. The van der Waals surface area contributed by atoms with E-state index in [4.69, 9.17) is 23.2 Å². The van der Waals surface area contributed by atoms with E-state index in [1.807, 2.05) is 6.92 Å². The average Bonchev–Trinajstić information content (AvgIpc) is 2.70. The lowest BCUT2D eigenvalue weighted by atomic mass is 10.3. The van der Waals surface area contributed by atoms with Crippen LogP contribution in [0.5, 0.6) is 0 Å². The minimum Gasteiger partial charge on any atom is -0.319 e. The molecule has 3 nitrogen and oxygen atoms in total. The molecular weight excluding hydrogens is 279 g/mol. The van der Waals surface area contributed by atoms with E-state index in [1.54, 1.807) is 23.6 Å². The van der Waals surface area contributed by atoms with Crippen molar-refractivity contribution in [3.8, 4) is 0 Å². The Kier molecular flexibility index (Phi) is 3.66. The Morgan fingerprint density at radius 1 is 1.41 bits per heavy atom. The summed E-state index contributed by atoms with van der Waals surface area (Å²) in [6, 6.07) is 4.89. The van der Waals surface area contributed by atoms with Crippen molar-refractivity contribution in [2.24, 2.45) is 0 Å². The fourth-order valence-electron chi connectivity index (χ4n) is 1.25. The van der Waals surface area contributed by atoms with Crippen molar-refractivity contribution >= 4 is 46.1 Å². The van der Waals surface area contributed by atoms with Crippen molar-refractivity contribution in [3.05, 3.63) is 44.3 Å². The van der Waals surface area contributed by atoms with Crippen LogP contribution >= 0.6 is 34.5 Å². The molecule has 0 radical (unpaired) electrons. The number of halogens is 2. The quantitative estimate of drug-likeness (QED) is 0.906. The fourth-order valence-corrected chi connectivity index (χ4v) is 2.18. The lowest BCUT2D eigenvalue weighted by Gasteiger charge is -2.05. The van der Waals surface area contributed by atoms with Crippen LogP contribution < -0.4 is 5.32 Å². The first kappa shape index (κ1) is 12.4. The molecule has 0 fully saturated rings. The molecule has 17 heavy (non-hydrogen) atoms. The van der Waals surface area contributed by atoms with Crippen LogP contribution in [0, 0.1) is 6.92 Å². The maximum atomic E-state index is 11.8. The van der Waals surface area contributed by atoms with Crippen molar-refractivity contribution in [1.82, 2.24) is 4.98 Å². The third kappa shape index (κ3) is 2.97. The smallest absolute Gasteiger partial charge is 0.275 e. The van der Waals surface area contributed by atoms with Gasteiger partial charge in [0.1, 0.15) is 5.69 Å². The Balaban J connectivity index is 2.21. The fraction of sp³-hybridized carbons (Fsp3) is 0.0909. The number of aromatic nitrogens is 1. The predicted octanol–water partition coefficient (Wildman–Crippen LogP) is 4.01. The van der Waals surface area contributed by atoms with E-state index < -0.39 is 0 Å². The number of hydrogen-bond donors (Lipinski definition) is 1. The second kappa shape index (κ2) is 5.04. The molecule has 0 aliphatic carbocycles. The van der Waals surface area contributed by atoms with Gasteiger partial charge in [0.25, 0.3) is 5.91 Å². The predicted molar refractivity (Wildman–Crippen MR) is 71.3 cm³/mol. The summed E-state index contributed by atoms with van der Waals surface area (Å²) in [4.78, 5) is 15.9. The van der Waals surface area contributed by atoms with Gasteiger partial charge in [-0.3, -0.25) is 4.79 Å². The second-order valence-electron chi connectivity index (χ2n) is 3.33. The normalized spacial score (nSPS) is 10.3. The maximum Gasteiger partial charge on any atom is 0.275 e. The van der Waals surface area contributed by atoms with Crippen LogP contribution in [0.25, 0.3) is 0 Å². The molecule has 0 aliphatic rings. The molecule has 2 aromatic rings. The van der Waals surface area contributed by atoms with Gasteiger partial charge in [0.05, 0.1) is 15.7 Å². The van der Waals surface area contributed by atoms with Crippen molar-refractivity contribution in [1.29, 1.82) is 0 Å². The van der Waals surface area contributed by atoms with Crippen LogP contribution in [-0.4, -0.2) is 10.9 Å². The molecule has 0 atom stereocenters. The first-order chi connectivity index (χ1) is 8.06. The lowest BCUT2D eigenvalue weighted by Crippen LogP contribution is -2.12. The summed E-state index contributed by atoms with van der Waals surface area (Å²) in [6.07, 6.45) is 0. The standard InChI is InChI=1S/C11H8Cl2N2OS/c1-6-14-10(5-17-6)11(16)15-9-4-7(12)2-3-8(9)13/h2-5H,1H3,(H,15,16). The van der Waals surface area contributed by atoms with E-state index in [1.165, 1.54) is 11.3 Å². The van der Waals surface area contributed by atoms with Crippen molar-refractivity contribution < 1.29 is 4.79 Å². The summed E-state index contributed by atoms with van der Waals surface area (Å²) in [5.74, 6) is -0.293. The summed E-state index contributed by atoms with van der Waals surface area (Å²) in [5.41, 5.74) is 0.860. The molecule has 2 rings (SSSR count). The van der Waals surface area contributed by atoms with Crippen molar-refractivity contribution in [3.63, 3.8) is 0 Å². The Hall–Kier alpha value is -1.10. The Labute approximate surface area is 112 Å². The van der Waals surface area contributed by atoms with Gasteiger partial charge in [-0.1, -0.05) is 23.2 Å². The number of anilines is 1. The molecule has 0 spiro atoms. The molecule has 1 aromatic heterocycles. The molecule has 1 N–H and O–H groups in total. The Bertz CT molecular complexity index is 568. The van der Waals surface area contributed by atoms with Crippen LogP contribution in [0.1, 0.15) is 15.5 Å². The molecule has 88 valence electrons. The summed E-state index contributed by atoms with van der Waals surface area (Å²) in [5, 5.41) is 6.16. The first-order valence-corrected chi connectivity index (χ1v) is 6.38. The van der Waals surface area contributed by atoms with E-state index >= 15 is 0 Å². The van der Waals surface area contributed by atoms with E-state index in [2.05, 4.69) is 10.3 Å². The van der Waals surface area contributed by atoms with E-state index in [0.29, 0.717) is 21.4 Å². The number of aryl methyl sites for hydroxylation is 1. The van der Waals surface area contributed by atoms with Gasteiger partial charge in [-0.2, -0.15) is 0 Å². The third-order valence-corrected chi connectivity index (χ3v) is 3.37. The van der Waals surface area contributed by atoms with Gasteiger partial charge in [0.15, 0.2) is 0 Å².